The van der Waals surface area contributed by atoms with Crippen molar-refractivity contribution in [2.24, 2.45) is 17.2 Å². The van der Waals surface area contributed by atoms with Gasteiger partial charge in [-0.25, -0.2) is 4.98 Å². The van der Waals surface area contributed by atoms with Crippen LogP contribution in [-0.4, -0.2) is 316 Å². The number of H-pyrrole nitrogens is 3. The SMILES string of the molecule is CCCC[C@H]1C(=O)N(C)[C@@H](CCCC)C(=O)N[C@@H](CCCN)C(=O)N[C@H](C(=O)NCC(N)=O)CSCC(=O)N[C@@H](Cc2ccc(O)cc2)C(=O)N2CCC[C@H]2C(=O)NC(CC(=O)O)C(=O)N2CCC[C@H]2C(=O)N[C@@H](Cc2c[nH]cn2)C(=O)N[C@@H](CCC(=O)O)C(=O)N2CCC[C@H]2C(=O)N[C@@H](Cc2c[nH]c3ccccc23)C(=O)N[C@@H](CCN)C(=O)N[C@@H](Cc2c[nH]c3ccccc23)C(=O)N1C. The highest BCUT2D eigenvalue weighted by atomic mass is 32.2. The summed E-state index contributed by atoms with van der Waals surface area (Å²) in [4.78, 5) is 282. The van der Waals surface area contributed by atoms with Gasteiger partial charge in [0.1, 0.15) is 90.3 Å². The number of amides is 16. The van der Waals surface area contributed by atoms with Crippen LogP contribution in [0.5, 0.6) is 5.75 Å². The number of aromatic nitrogens is 4. The Labute approximate surface area is 783 Å². The largest absolute Gasteiger partial charge is 0.508 e. The van der Waals surface area contributed by atoms with Crippen LogP contribution >= 0.6 is 11.8 Å². The zero-order valence-corrected chi connectivity index (χ0v) is 76.9. The second-order valence-electron chi connectivity index (χ2n) is 34.4. The fourth-order valence-corrected chi connectivity index (χ4v) is 18.3. The van der Waals surface area contributed by atoms with Gasteiger partial charge in [0.2, 0.25) is 94.5 Å². The molecule has 16 amide bonds. The second kappa shape index (κ2) is 50.0. The highest BCUT2D eigenvalue weighted by Crippen LogP contribution is 2.29. The number of carbonyl (C=O) groups is 18. The predicted molar refractivity (Wildman–Crippen MR) is 492 cm³/mol. The van der Waals surface area contributed by atoms with Crippen LogP contribution in [0.15, 0.2) is 97.7 Å². The van der Waals surface area contributed by atoms with Crippen LogP contribution in [0.4, 0.5) is 0 Å². The van der Waals surface area contributed by atoms with E-state index in [-0.39, 0.29) is 140 Å². The number of benzene rings is 3. The Morgan fingerprint density at radius 1 is 0.474 bits per heavy atom. The molecule has 7 heterocycles. The summed E-state index contributed by atoms with van der Waals surface area (Å²) in [5.74, 6) is -18.6. The minimum Gasteiger partial charge on any atom is -0.508 e. The van der Waals surface area contributed by atoms with Crippen molar-refractivity contribution in [3.05, 3.63) is 120 Å². The molecule has 4 fully saturated rings. The third kappa shape index (κ3) is 28.3. The molecule has 6 aromatic rings. The van der Waals surface area contributed by atoms with Crippen molar-refractivity contribution in [1.29, 1.82) is 0 Å². The molecule has 4 saturated heterocycles. The minimum absolute atomic E-state index is 0.00516. The van der Waals surface area contributed by atoms with E-state index in [0.717, 1.165) is 26.5 Å². The molecule has 0 bridgehead atoms. The van der Waals surface area contributed by atoms with E-state index in [1.807, 2.05) is 13.8 Å². The summed E-state index contributed by atoms with van der Waals surface area (Å²) in [6, 6.07) is -1.53. The quantitative estimate of drug-likeness (QED) is 0.0279. The summed E-state index contributed by atoms with van der Waals surface area (Å²) in [6.45, 7) is 2.38. The molecule has 4 aliphatic rings. The van der Waals surface area contributed by atoms with Gasteiger partial charge in [-0.05, 0) is 131 Å². The highest BCUT2D eigenvalue weighted by Gasteiger charge is 2.47. The van der Waals surface area contributed by atoms with E-state index in [1.165, 1.54) is 60.7 Å². The lowest BCUT2D eigenvalue weighted by Crippen LogP contribution is -2.61. The smallest absolute Gasteiger partial charge is 0.305 e. The Bertz CT molecular complexity index is 5230. The van der Waals surface area contributed by atoms with Gasteiger partial charge in [0.05, 0.1) is 30.7 Å². The number of nitrogens with one attached hydrogen (secondary N) is 13. The second-order valence-corrected chi connectivity index (χ2v) is 35.4. The number of para-hydroxylation sites is 2. The number of aliphatic carboxylic acids is 2. The van der Waals surface area contributed by atoms with Crippen LogP contribution in [0.2, 0.25) is 0 Å². The van der Waals surface area contributed by atoms with Crippen molar-refractivity contribution >= 4 is 140 Å². The van der Waals surface area contributed by atoms with Gasteiger partial charge in [-0.15, -0.1) is 11.8 Å². The van der Waals surface area contributed by atoms with Gasteiger partial charge in [0.15, 0.2) is 0 Å². The van der Waals surface area contributed by atoms with Gasteiger partial charge in [-0.2, -0.15) is 0 Å². The monoisotopic (exact) mass is 1890 g/mol. The van der Waals surface area contributed by atoms with E-state index in [9.17, 15) is 58.5 Å². The number of fused-ring (bicyclic) bond motifs is 5. The number of carboxylic acids is 2. The summed E-state index contributed by atoms with van der Waals surface area (Å²) in [7, 11) is 2.76. The average Bonchev–Trinajstić information content (AvgIpc) is 1.74. The fraction of sp³-hybridized carbons (Fsp3) is 0.527. The number of carbonyl (C=O) groups excluding carboxylic acids is 16. The summed E-state index contributed by atoms with van der Waals surface area (Å²) in [5, 5.41) is 58.7. The Morgan fingerprint density at radius 3 is 1.48 bits per heavy atom. The van der Waals surface area contributed by atoms with Crippen molar-refractivity contribution < 1.29 is 102 Å². The molecule has 0 radical (unpaired) electrons. The number of phenols is 1. The zero-order chi connectivity index (χ0) is 97.7. The van der Waals surface area contributed by atoms with Crippen molar-refractivity contribution in [2.45, 2.75) is 240 Å². The van der Waals surface area contributed by atoms with E-state index in [4.69, 9.17) is 17.2 Å². The highest BCUT2D eigenvalue weighted by molar-refractivity contribution is 8.00. The van der Waals surface area contributed by atoms with Crippen LogP contribution in [-0.2, 0) is 112 Å². The lowest BCUT2D eigenvalue weighted by atomic mass is 9.99. The van der Waals surface area contributed by atoms with Crippen LogP contribution in [0.25, 0.3) is 21.8 Å². The number of hydrogen-bond donors (Lipinski definition) is 19. The maximum atomic E-state index is 15.8. The number of phenolic OH excluding ortho intramolecular Hbond substituents is 1. The fourth-order valence-electron chi connectivity index (χ4n) is 17.5. The molecule has 730 valence electrons. The first kappa shape index (κ1) is 104. The lowest BCUT2D eigenvalue weighted by molar-refractivity contribution is -0.149. The minimum atomic E-state index is -1.89. The van der Waals surface area contributed by atoms with E-state index >= 15 is 43.2 Å². The third-order valence-electron chi connectivity index (χ3n) is 24.7. The van der Waals surface area contributed by atoms with Gasteiger partial charge in [0, 0.05) is 112 Å². The molecule has 22 N–H and O–H groups in total. The number of nitrogens with two attached hydrogens (primary N) is 3. The molecule has 0 spiro atoms. The van der Waals surface area contributed by atoms with Gasteiger partial charge >= 0.3 is 11.9 Å². The summed E-state index contributed by atoms with van der Waals surface area (Å²) < 4.78 is 0. The maximum absolute atomic E-state index is 15.8. The Hall–Kier alpha value is -13.5. The number of likely N-dealkylation sites (N-methyl/N-ethyl adjacent to an activating group) is 2. The van der Waals surface area contributed by atoms with Gasteiger partial charge in [0.25, 0.3) is 0 Å². The summed E-state index contributed by atoms with van der Waals surface area (Å²) in [5.41, 5.74) is 20.7. The first-order valence-electron chi connectivity index (χ1n) is 45.7. The number of aromatic amines is 3. The third-order valence-corrected chi connectivity index (χ3v) is 25.7. The van der Waals surface area contributed by atoms with Crippen LogP contribution in [0.3, 0.4) is 0 Å². The van der Waals surface area contributed by atoms with Gasteiger partial charge in [-0.1, -0.05) is 88.1 Å². The normalized spacial score (nSPS) is 24.6. The molecule has 10 rings (SSSR count). The van der Waals surface area contributed by atoms with Crippen LogP contribution in [0.1, 0.15) is 152 Å². The number of imidazole rings is 1. The number of nitrogens with zero attached hydrogens (tertiary/aromatic N) is 6. The molecule has 0 saturated carbocycles. The van der Waals surface area contributed by atoms with E-state index in [1.54, 1.807) is 60.9 Å². The molecule has 44 heteroatoms. The van der Waals surface area contributed by atoms with Crippen molar-refractivity contribution in [3.8, 4) is 5.75 Å². The van der Waals surface area contributed by atoms with Crippen molar-refractivity contribution in [3.63, 3.8) is 0 Å². The number of rotatable bonds is 27. The molecule has 1 unspecified atom stereocenters. The molecule has 14 atom stereocenters. The molecule has 4 aliphatic heterocycles. The Morgan fingerprint density at radius 2 is 0.948 bits per heavy atom. The Balaban J connectivity index is 1.02. The van der Waals surface area contributed by atoms with E-state index in [2.05, 4.69) is 73.1 Å². The summed E-state index contributed by atoms with van der Waals surface area (Å²) >= 11 is 0.786. The Kier molecular flexibility index (Phi) is 38.4. The van der Waals surface area contributed by atoms with Crippen LogP contribution in [0, 0.1) is 0 Å². The standard InChI is InChI=1S/C91H124N22O21S/c1-5-7-22-69-83(126)102-60(21-13-34-92)79(122)108-68(78(121)98-47-74(94)115)48-135-49-75(116)100-65(39-51-27-29-55(114)30-28-51)89(132)112-37-16-26-72(112)86(129)107-67(43-77(119)120)90(133)113-38-15-25-71(113)85(128)105-64(42-54-46-95-50-99-54)82(125)103-62(31-32-76(117)118)88(131)111-36-14-24-70(111)84(127)104-63(40-52-44-96-58-19-11-9-17-56(52)58)81(124)101-61(33-35-93)80(123)106-66(41-53-45-97-59-20-12-10-18-57(53)59)87(130)110(4)73(23-8-6-2)91(134)109(69)3/h9-12,17-20,27-30,44-46,50,60-73,96-97,114H,5-8,13-16,21-26,31-43,47-49,92-93H2,1-4H3,(H2,94,115)(H,95,99)(H,98,121)(H,100,116)(H,101,124)(H,102,126)(H,103,125)(H,104,127)(H,105,128)(H,106,123)(H,107,129)(H,108,122)(H,117,118)(H,119,120)/t60-,61-,62-,63-,64-,65-,66-,67?,68-,69-,70-,71-,72-,73-/m0/s1. The van der Waals surface area contributed by atoms with Crippen LogP contribution < -0.4 is 70.4 Å². The molecule has 43 nitrogen and oxygen atoms in total. The number of thioether (sulfide) groups is 1. The zero-order valence-electron chi connectivity index (χ0n) is 76.0. The number of unbranched alkanes of at least 4 members (excludes halogenated alkanes) is 2. The first-order valence-corrected chi connectivity index (χ1v) is 46.9. The van der Waals surface area contributed by atoms with Gasteiger partial charge in [-0.3, -0.25) is 86.3 Å². The molecular weight excluding hydrogens is 1770 g/mol. The molecule has 135 heavy (non-hydrogen) atoms. The maximum Gasteiger partial charge on any atom is 0.305 e. The first-order chi connectivity index (χ1) is 64.7. The number of hydrogen-bond acceptors (Lipinski definition) is 23. The lowest BCUT2D eigenvalue weighted by Gasteiger charge is -2.36. The summed E-state index contributed by atoms with van der Waals surface area (Å²) in [6.07, 6.45) is 4.43. The topological polar surface area (TPSA) is 643 Å². The number of primary amides is 1. The van der Waals surface area contributed by atoms with E-state index in [0.29, 0.717) is 64.2 Å². The number of carboxylic acid groups (broad SMARTS) is 2. The molecule has 0 aliphatic carbocycles. The predicted octanol–water partition coefficient (Wildman–Crippen LogP) is -1.51. The molecular formula is C91H124N22O21S. The van der Waals surface area contributed by atoms with Crippen molar-refractivity contribution in [2.75, 3.05) is 64.9 Å². The molecule has 3 aromatic carbocycles. The average molecular weight is 1890 g/mol. The van der Waals surface area contributed by atoms with Gasteiger partial charge < -0.3 is 125 Å². The number of aromatic hydroxyl groups is 1. The molecule has 3 aromatic heterocycles. The van der Waals surface area contributed by atoms with Crippen molar-refractivity contribution in [1.82, 2.24) is 97.6 Å². The van der Waals surface area contributed by atoms with E-state index < -0.39 is 228 Å².